The van der Waals surface area contributed by atoms with Gasteiger partial charge in [0.05, 0.1) is 11.5 Å². The number of likely N-dealkylation sites (tertiary alicyclic amines) is 1. The molecular weight excluding hydrogens is 460 g/mol. The summed E-state index contributed by atoms with van der Waals surface area (Å²) in [7, 11) is 0. The van der Waals surface area contributed by atoms with Crippen LogP contribution in [-0.2, 0) is 23.9 Å². The van der Waals surface area contributed by atoms with Crippen LogP contribution in [-0.4, -0.2) is 71.3 Å². The third-order valence-electron chi connectivity index (χ3n) is 7.95. The van der Waals surface area contributed by atoms with Crippen molar-refractivity contribution in [2.45, 2.75) is 57.3 Å². The Balaban J connectivity index is 1.81. The molecule has 1 aromatic rings. The molecule has 1 N–H and O–H groups in total. The van der Waals surface area contributed by atoms with Gasteiger partial charge in [-0.3, -0.25) is 14.4 Å². The van der Waals surface area contributed by atoms with Gasteiger partial charge >= 0.3 is 5.97 Å². The number of rotatable bonds is 10. The second-order valence-electron chi connectivity index (χ2n) is 10.2. The predicted octanol–water partition coefficient (Wildman–Crippen LogP) is 2.70. The Hall–Kier alpha value is -2.97. The number of fused-ring (bicyclic) bond motifs is 1. The number of aliphatic hydroxyl groups is 1. The van der Waals surface area contributed by atoms with Gasteiger partial charge in [0, 0.05) is 25.4 Å². The van der Waals surface area contributed by atoms with E-state index in [0.717, 1.165) is 16.8 Å². The zero-order valence-corrected chi connectivity index (χ0v) is 21.4. The number of nitrogens with zero attached hydrogens (tertiary/aromatic N) is 2. The van der Waals surface area contributed by atoms with E-state index in [4.69, 9.17) is 9.47 Å². The molecule has 3 heterocycles. The lowest BCUT2D eigenvalue weighted by atomic mass is 9.66. The fourth-order valence-electron chi connectivity index (χ4n) is 6.57. The Kier molecular flexibility index (Phi) is 7.12. The molecule has 1 spiro atoms. The zero-order valence-electron chi connectivity index (χ0n) is 21.4. The second-order valence-corrected chi connectivity index (χ2v) is 10.2. The standard InChI is InChI=1S/C28H36N2O6/c1-6-14-29(22-18(3)10-8-11-19(22)4)25(33)23-28-13-12-27(5,36-28)21(26(34)35-17-7-2)20(28)24(32)30(23)15-9-16-31/h6-8,10-11,20-21,23,31H,1-2,9,12-17H2,3-5H3/t20-,21-,23?,27+,28?/m0/s1. The first-order valence-corrected chi connectivity index (χ1v) is 12.5. The van der Waals surface area contributed by atoms with Crippen molar-refractivity contribution < 1.29 is 29.0 Å². The molecule has 8 heteroatoms. The zero-order chi connectivity index (χ0) is 26.3. The first-order valence-electron chi connectivity index (χ1n) is 12.5. The summed E-state index contributed by atoms with van der Waals surface area (Å²) in [4.78, 5) is 44.7. The van der Waals surface area contributed by atoms with E-state index in [2.05, 4.69) is 13.2 Å². The summed E-state index contributed by atoms with van der Waals surface area (Å²) < 4.78 is 12.0. The monoisotopic (exact) mass is 496 g/mol. The van der Waals surface area contributed by atoms with Crippen LogP contribution in [0.4, 0.5) is 5.69 Å². The highest BCUT2D eigenvalue weighted by molar-refractivity contribution is 6.05. The van der Waals surface area contributed by atoms with Gasteiger partial charge in [-0.15, -0.1) is 6.58 Å². The van der Waals surface area contributed by atoms with Crippen molar-refractivity contribution in [2.24, 2.45) is 11.8 Å². The number of carbonyl (C=O) groups is 3. The molecule has 2 unspecified atom stereocenters. The van der Waals surface area contributed by atoms with Gasteiger partial charge in [-0.25, -0.2) is 0 Å². The largest absolute Gasteiger partial charge is 0.461 e. The number of carbonyl (C=O) groups excluding carboxylic acids is 3. The minimum absolute atomic E-state index is 0.0373. The van der Waals surface area contributed by atoms with Crippen LogP contribution >= 0.6 is 0 Å². The molecule has 36 heavy (non-hydrogen) atoms. The Morgan fingerprint density at radius 1 is 1.25 bits per heavy atom. The van der Waals surface area contributed by atoms with Crippen LogP contribution in [0.5, 0.6) is 0 Å². The molecule has 8 nitrogen and oxygen atoms in total. The van der Waals surface area contributed by atoms with E-state index in [0.29, 0.717) is 19.3 Å². The van der Waals surface area contributed by atoms with Crippen LogP contribution in [0, 0.1) is 25.7 Å². The second kappa shape index (κ2) is 9.82. The molecule has 3 aliphatic heterocycles. The van der Waals surface area contributed by atoms with Gasteiger partial charge < -0.3 is 24.4 Å². The Bertz CT molecular complexity index is 1070. The van der Waals surface area contributed by atoms with Crippen LogP contribution in [0.3, 0.4) is 0 Å². The van der Waals surface area contributed by atoms with Gasteiger partial charge in [0.2, 0.25) is 5.91 Å². The van der Waals surface area contributed by atoms with Crippen molar-refractivity contribution in [3.63, 3.8) is 0 Å². The number of benzene rings is 1. The third kappa shape index (κ3) is 3.87. The molecule has 2 amide bonds. The lowest BCUT2D eigenvalue weighted by Gasteiger charge is -2.37. The van der Waals surface area contributed by atoms with Crippen molar-refractivity contribution in [3.8, 4) is 0 Å². The minimum atomic E-state index is -1.15. The molecule has 0 aliphatic carbocycles. The number of aryl methyl sites for hydroxylation is 2. The molecule has 5 atom stereocenters. The number of hydrogen-bond donors (Lipinski definition) is 1. The number of amides is 2. The number of para-hydroxylation sites is 1. The fourth-order valence-corrected chi connectivity index (χ4v) is 6.57. The fraction of sp³-hybridized carbons (Fsp3) is 0.536. The first kappa shape index (κ1) is 26.1. The summed E-state index contributed by atoms with van der Waals surface area (Å²) in [5.41, 5.74) is 0.589. The van der Waals surface area contributed by atoms with Gasteiger partial charge in [0.1, 0.15) is 24.2 Å². The number of anilines is 1. The van der Waals surface area contributed by atoms with Crippen molar-refractivity contribution in [1.82, 2.24) is 4.90 Å². The summed E-state index contributed by atoms with van der Waals surface area (Å²) in [6.07, 6.45) is 4.47. The molecule has 3 fully saturated rings. The smallest absolute Gasteiger partial charge is 0.313 e. The van der Waals surface area contributed by atoms with Crippen molar-refractivity contribution in [3.05, 3.63) is 54.6 Å². The average Bonchev–Trinajstić information content (AvgIpc) is 3.40. The molecule has 3 aliphatic rings. The highest BCUT2D eigenvalue weighted by Gasteiger charge is 2.78. The van der Waals surface area contributed by atoms with Crippen LogP contribution in [0.25, 0.3) is 0 Å². The molecule has 0 aromatic heterocycles. The summed E-state index contributed by atoms with van der Waals surface area (Å²) in [5, 5.41) is 9.53. The van der Waals surface area contributed by atoms with Gasteiger partial charge in [-0.1, -0.05) is 36.9 Å². The summed E-state index contributed by atoms with van der Waals surface area (Å²) in [6.45, 7) is 13.5. The van der Waals surface area contributed by atoms with Crippen molar-refractivity contribution in [1.29, 1.82) is 0 Å². The van der Waals surface area contributed by atoms with Gasteiger partial charge in [0.25, 0.3) is 5.91 Å². The molecule has 0 saturated carbocycles. The van der Waals surface area contributed by atoms with Gasteiger partial charge in [-0.2, -0.15) is 0 Å². The molecule has 1 aromatic carbocycles. The lowest BCUT2D eigenvalue weighted by molar-refractivity contribution is -0.158. The quantitative estimate of drug-likeness (QED) is 0.395. The molecular formula is C28H36N2O6. The maximum atomic E-state index is 14.4. The predicted molar refractivity (Wildman–Crippen MR) is 135 cm³/mol. The highest BCUT2D eigenvalue weighted by atomic mass is 16.6. The van der Waals surface area contributed by atoms with Crippen LogP contribution in [0.2, 0.25) is 0 Å². The number of esters is 1. The molecule has 3 saturated heterocycles. The van der Waals surface area contributed by atoms with E-state index >= 15 is 0 Å². The Morgan fingerprint density at radius 3 is 2.56 bits per heavy atom. The maximum absolute atomic E-state index is 14.4. The van der Waals surface area contributed by atoms with Gasteiger partial charge in [-0.05, 0) is 51.2 Å². The molecule has 0 radical (unpaired) electrons. The number of aliphatic hydroxyl groups excluding tert-OH is 1. The summed E-state index contributed by atoms with van der Waals surface area (Å²) >= 11 is 0. The number of ether oxygens (including phenoxy) is 2. The van der Waals surface area contributed by atoms with Crippen molar-refractivity contribution >= 4 is 23.5 Å². The van der Waals surface area contributed by atoms with E-state index in [-0.39, 0.29) is 38.1 Å². The highest BCUT2D eigenvalue weighted by Crippen LogP contribution is 2.63. The van der Waals surface area contributed by atoms with E-state index in [1.54, 1.807) is 11.0 Å². The van der Waals surface area contributed by atoms with E-state index in [1.165, 1.54) is 11.0 Å². The first-order chi connectivity index (χ1) is 17.2. The maximum Gasteiger partial charge on any atom is 0.313 e. The van der Waals surface area contributed by atoms with Crippen LogP contribution in [0.15, 0.2) is 43.5 Å². The molecule has 194 valence electrons. The van der Waals surface area contributed by atoms with Crippen LogP contribution in [0.1, 0.15) is 37.3 Å². The van der Waals surface area contributed by atoms with E-state index in [1.807, 2.05) is 39.0 Å². The lowest BCUT2D eigenvalue weighted by Crippen LogP contribution is -2.56. The topological polar surface area (TPSA) is 96.4 Å². The SMILES string of the molecule is C=CCOC(=O)[C@@H]1[C@H]2C(=O)N(CCCO)C(C(=O)N(CC=C)c3c(C)cccc3C)C23CC[C@@]1(C)O3. The Morgan fingerprint density at radius 2 is 1.94 bits per heavy atom. The van der Waals surface area contributed by atoms with Gasteiger partial charge in [0.15, 0.2) is 0 Å². The van der Waals surface area contributed by atoms with E-state index < -0.39 is 35.0 Å². The summed E-state index contributed by atoms with van der Waals surface area (Å²) in [6, 6.07) is 4.90. The minimum Gasteiger partial charge on any atom is -0.461 e. The Labute approximate surface area is 212 Å². The third-order valence-corrected chi connectivity index (χ3v) is 7.95. The average molecular weight is 497 g/mol. The molecule has 4 rings (SSSR count). The van der Waals surface area contributed by atoms with Crippen LogP contribution < -0.4 is 4.90 Å². The van der Waals surface area contributed by atoms with Crippen molar-refractivity contribution in [2.75, 3.05) is 31.2 Å². The normalized spacial score (nSPS) is 30.3. The molecule has 2 bridgehead atoms. The summed E-state index contributed by atoms with van der Waals surface area (Å²) in [5.74, 6) is -2.73. The van der Waals surface area contributed by atoms with E-state index in [9.17, 15) is 19.5 Å². The number of hydrogen-bond acceptors (Lipinski definition) is 6.